The Morgan fingerprint density at radius 3 is 2.61 bits per heavy atom. The lowest BCUT2D eigenvalue weighted by Gasteiger charge is -2.18. The SMILES string of the molecule is COc1ccc(OC)c(C(C)NCCS(C)=O)c1. The van der Waals surface area contributed by atoms with Gasteiger partial charge in [-0.15, -0.1) is 0 Å². The van der Waals surface area contributed by atoms with Crippen molar-refractivity contribution < 1.29 is 13.7 Å². The van der Waals surface area contributed by atoms with Crippen molar-refractivity contribution >= 4 is 10.8 Å². The number of benzene rings is 1. The zero-order valence-electron chi connectivity index (χ0n) is 11.4. The highest BCUT2D eigenvalue weighted by atomic mass is 32.2. The van der Waals surface area contributed by atoms with Crippen molar-refractivity contribution in [2.75, 3.05) is 32.8 Å². The van der Waals surface area contributed by atoms with Crippen molar-refractivity contribution in [2.45, 2.75) is 13.0 Å². The summed E-state index contributed by atoms with van der Waals surface area (Å²) in [6.07, 6.45) is 1.71. The van der Waals surface area contributed by atoms with Gasteiger partial charge in [0, 0.05) is 41.0 Å². The number of hydrogen-bond donors (Lipinski definition) is 1. The first-order valence-electron chi connectivity index (χ1n) is 5.83. The van der Waals surface area contributed by atoms with Crippen LogP contribution in [0.25, 0.3) is 0 Å². The summed E-state index contributed by atoms with van der Waals surface area (Å²) < 4.78 is 21.6. The molecule has 0 spiro atoms. The van der Waals surface area contributed by atoms with Crippen LogP contribution in [0.5, 0.6) is 11.5 Å². The topological polar surface area (TPSA) is 47.6 Å². The minimum atomic E-state index is -0.770. The Kier molecular flexibility index (Phi) is 6.15. The molecule has 2 unspecified atom stereocenters. The summed E-state index contributed by atoms with van der Waals surface area (Å²) in [6, 6.07) is 5.85. The van der Waals surface area contributed by atoms with Crippen LogP contribution in [0.1, 0.15) is 18.5 Å². The average molecular weight is 271 g/mol. The molecule has 0 heterocycles. The molecule has 0 saturated carbocycles. The van der Waals surface area contributed by atoms with E-state index in [0.29, 0.717) is 12.3 Å². The van der Waals surface area contributed by atoms with Crippen molar-refractivity contribution in [1.82, 2.24) is 5.32 Å². The van der Waals surface area contributed by atoms with Crippen molar-refractivity contribution in [3.63, 3.8) is 0 Å². The van der Waals surface area contributed by atoms with E-state index in [1.54, 1.807) is 20.5 Å². The first kappa shape index (κ1) is 15.0. The minimum Gasteiger partial charge on any atom is -0.497 e. The lowest BCUT2D eigenvalue weighted by molar-refractivity contribution is 0.392. The highest BCUT2D eigenvalue weighted by Crippen LogP contribution is 2.28. The molecule has 0 amide bonds. The fourth-order valence-electron chi connectivity index (χ4n) is 1.71. The van der Waals surface area contributed by atoms with E-state index in [0.717, 1.165) is 17.1 Å². The third-order valence-electron chi connectivity index (χ3n) is 2.74. The molecule has 0 aliphatic rings. The normalized spacial score (nSPS) is 14.0. The van der Waals surface area contributed by atoms with E-state index in [2.05, 4.69) is 12.2 Å². The molecule has 102 valence electrons. The highest BCUT2D eigenvalue weighted by Gasteiger charge is 2.12. The lowest BCUT2D eigenvalue weighted by atomic mass is 10.1. The van der Waals surface area contributed by atoms with Crippen LogP contribution in [0.4, 0.5) is 0 Å². The molecular formula is C13H21NO3S. The van der Waals surface area contributed by atoms with E-state index in [1.165, 1.54) is 0 Å². The van der Waals surface area contributed by atoms with E-state index in [9.17, 15) is 4.21 Å². The van der Waals surface area contributed by atoms with Gasteiger partial charge in [-0.25, -0.2) is 0 Å². The Labute approximate surface area is 111 Å². The van der Waals surface area contributed by atoms with Crippen molar-refractivity contribution in [2.24, 2.45) is 0 Å². The number of methoxy groups -OCH3 is 2. The Balaban J connectivity index is 2.75. The summed E-state index contributed by atoms with van der Waals surface area (Å²) in [5.41, 5.74) is 1.04. The van der Waals surface area contributed by atoms with Gasteiger partial charge in [-0.2, -0.15) is 0 Å². The van der Waals surface area contributed by atoms with Crippen molar-refractivity contribution in [1.29, 1.82) is 0 Å². The Bertz CT molecular complexity index is 409. The van der Waals surface area contributed by atoms with Gasteiger partial charge in [0.2, 0.25) is 0 Å². The predicted molar refractivity (Wildman–Crippen MR) is 74.9 cm³/mol. The van der Waals surface area contributed by atoms with Crippen LogP contribution in [0.15, 0.2) is 18.2 Å². The van der Waals surface area contributed by atoms with Crippen molar-refractivity contribution in [3.8, 4) is 11.5 Å². The van der Waals surface area contributed by atoms with Gasteiger partial charge in [0.15, 0.2) is 0 Å². The van der Waals surface area contributed by atoms with Gasteiger partial charge < -0.3 is 14.8 Å². The molecule has 0 bridgehead atoms. The monoisotopic (exact) mass is 271 g/mol. The summed E-state index contributed by atoms with van der Waals surface area (Å²) in [7, 11) is 2.52. The third-order valence-corrected chi connectivity index (χ3v) is 3.52. The second-order valence-electron chi connectivity index (χ2n) is 4.06. The van der Waals surface area contributed by atoms with Crippen LogP contribution >= 0.6 is 0 Å². The molecule has 1 rings (SSSR count). The van der Waals surface area contributed by atoms with Crippen LogP contribution in [-0.4, -0.2) is 37.0 Å². The number of nitrogens with one attached hydrogen (secondary N) is 1. The molecule has 1 N–H and O–H groups in total. The van der Waals surface area contributed by atoms with Gasteiger partial charge in [-0.3, -0.25) is 4.21 Å². The largest absolute Gasteiger partial charge is 0.497 e. The highest BCUT2D eigenvalue weighted by molar-refractivity contribution is 7.84. The molecule has 0 aliphatic carbocycles. The van der Waals surface area contributed by atoms with E-state index < -0.39 is 10.8 Å². The summed E-state index contributed by atoms with van der Waals surface area (Å²) in [5, 5.41) is 3.33. The van der Waals surface area contributed by atoms with Gasteiger partial charge in [0.05, 0.1) is 14.2 Å². The predicted octanol–water partition coefficient (Wildman–Crippen LogP) is 1.73. The maximum absolute atomic E-state index is 11.0. The van der Waals surface area contributed by atoms with E-state index >= 15 is 0 Å². The molecule has 5 heteroatoms. The Morgan fingerprint density at radius 2 is 2.06 bits per heavy atom. The first-order chi connectivity index (χ1) is 8.58. The number of hydrogen-bond acceptors (Lipinski definition) is 4. The number of rotatable bonds is 7. The molecular weight excluding hydrogens is 250 g/mol. The maximum atomic E-state index is 11.0. The molecule has 0 aliphatic heterocycles. The molecule has 0 radical (unpaired) electrons. The fraction of sp³-hybridized carbons (Fsp3) is 0.538. The molecule has 1 aromatic rings. The third kappa shape index (κ3) is 4.31. The van der Waals surface area contributed by atoms with Crippen LogP contribution in [-0.2, 0) is 10.8 Å². The number of ether oxygens (including phenoxy) is 2. The van der Waals surface area contributed by atoms with Gasteiger partial charge >= 0.3 is 0 Å². The maximum Gasteiger partial charge on any atom is 0.123 e. The Hall–Kier alpha value is -1.07. The molecule has 1 aromatic carbocycles. The smallest absolute Gasteiger partial charge is 0.123 e. The van der Waals surface area contributed by atoms with Gasteiger partial charge in [-0.1, -0.05) is 0 Å². The molecule has 4 nitrogen and oxygen atoms in total. The molecule has 2 atom stereocenters. The van der Waals surface area contributed by atoms with Gasteiger partial charge in [0.1, 0.15) is 11.5 Å². The standard InChI is InChI=1S/C13H21NO3S/c1-10(14-7-8-18(4)15)12-9-11(16-2)5-6-13(12)17-3/h5-6,9-10,14H,7-8H2,1-4H3. The summed E-state index contributed by atoms with van der Waals surface area (Å²) in [4.78, 5) is 0. The fourth-order valence-corrected chi connectivity index (χ4v) is 2.11. The zero-order valence-corrected chi connectivity index (χ0v) is 12.2. The van der Waals surface area contributed by atoms with E-state index in [4.69, 9.17) is 9.47 Å². The molecule has 0 aromatic heterocycles. The second-order valence-corrected chi connectivity index (χ2v) is 5.62. The minimum absolute atomic E-state index is 0.124. The van der Waals surface area contributed by atoms with Crippen LogP contribution < -0.4 is 14.8 Å². The van der Waals surface area contributed by atoms with Crippen LogP contribution in [0.2, 0.25) is 0 Å². The van der Waals surface area contributed by atoms with E-state index in [1.807, 2.05) is 18.2 Å². The van der Waals surface area contributed by atoms with Crippen molar-refractivity contribution in [3.05, 3.63) is 23.8 Å². The molecule has 18 heavy (non-hydrogen) atoms. The zero-order chi connectivity index (χ0) is 13.5. The average Bonchev–Trinajstić information content (AvgIpc) is 2.37. The summed E-state index contributed by atoms with van der Waals surface area (Å²) in [5.74, 6) is 2.28. The quantitative estimate of drug-likeness (QED) is 0.820. The lowest BCUT2D eigenvalue weighted by Crippen LogP contribution is -2.24. The first-order valence-corrected chi connectivity index (χ1v) is 7.56. The van der Waals surface area contributed by atoms with Crippen LogP contribution in [0, 0.1) is 0 Å². The van der Waals surface area contributed by atoms with Gasteiger partial charge in [-0.05, 0) is 25.1 Å². The van der Waals surface area contributed by atoms with Crippen LogP contribution in [0.3, 0.4) is 0 Å². The summed E-state index contributed by atoms with van der Waals surface area (Å²) in [6.45, 7) is 2.76. The second kappa shape index (κ2) is 7.38. The summed E-state index contributed by atoms with van der Waals surface area (Å²) >= 11 is 0. The molecule has 0 fully saturated rings. The van der Waals surface area contributed by atoms with E-state index in [-0.39, 0.29) is 6.04 Å². The Morgan fingerprint density at radius 1 is 1.33 bits per heavy atom. The molecule has 0 saturated heterocycles. The van der Waals surface area contributed by atoms with Gasteiger partial charge in [0.25, 0.3) is 0 Å².